The maximum absolute atomic E-state index is 5.89. The van der Waals surface area contributed by atoms with E-state index < -0.39 is 0 Å². The van der Waals surface area contributed by atoms with Crippen LogP contribution in [-0.4, -0.2) is 19.8 Å². The number of halogens is 1. The third-order valence-corrected chi connectivity index (χ3v) is 3.64. The summed E-state index contributed by atoms with van der Waals surface area (Å²) in [6.45, 7) is 2.28. The molecule has 0 aliphatic heterocycles. The summed E-state index contributed by atoms with van der Waals surface area (Å²) in [5, 5.41) is 6.11. The lowest BCUT2D eigenvalue weighted by Gasteiger charge is -2.07. The number of anilines is 1. The number of thiophene rings is 1. The Morgan fingerprint density at radius 2 is 2.11 bits per heavy atom. The summed E-state index contributed by atoms with van der Waals surface area (Å²) in [5.41, 5.74) is 1.03. The van der Waals surface area contributed by atoms with Crippen molar-refractivity contribution in [3.05, 3.63) is 51.7 Å². The van der Waals surface area contributed by atoms with E-state index in [4.69, 9.17) is 16.3 Å². The van der Waals surface area contributed by atoms with Crippen molar-refractivity contribution in [1.82, 2.24) is 0 Å². The summed E-state index contributed by atoms with van der Waals surface area (Å²) in [4.78, 5) is 1.37. The van der Waals surface area contributed by atoms with Crippen molar-refractivity contribution in [2.24, 2.45) is 0 Å². The van der Waals surface area contributed by atoms with Crippen LogP contribution in [0.15, 0.2) is 41.8 Å². The first-order valence-electron chi connectivity index (χ1n) is 5.94. The average molecular weight is 282 g/mol. The Morgan fingerprint density at radius 3 is 2.89 bits per heavy atom. The van der Waals surface area contributed by atoms with Crippen molar-refractivity contribution in [2.75, 3.05) is 25.1 Å². The highest BCUT2D eigenvalue weighted by atomic mass is 35.5. The van der Waals surface area contributed by atoms with Gasteiger partial charge in [-0.15, -0.1) is 11.3 Å². The van der Waals surface area contributed by atoms with E-state index in [2.05, 4.69) is 22.8 Å². The van der Waals surface area contributed by atoms with Crippen molar-refractivity contribution < 1.29 is 4.74 Å². The zero-order valence-corrected chi connectivity index (χ0v) is 11.6. The molecule has 0 saturated heterocycles. The Bertz CT molecular complexity index is 459. The zero-order valence-electron chi connectivity index (χ0n) is 10.1. The number of rotatable bonds is 7. The molecule has 0 fully saturated rings. The molecule has 0 saturated carbocycles. The predicted octanol–water partition coefficient (Wildman–Crippen LogP) is 4.07. The molecule has 1 aromatic heterocycles. The molecule has 1 N–H and O–H groups in total. The molecule has 0 spiro atoms. The summed E-state index contributed by atoms with van der Waals surface area (Å²) in [6, 6.07) is 11.9. The molecule has 0 bridgehead atoms. The molecule has 96 valence electrons. The van der Waals surface area contributed by atoms with Crippen molar-refractivity contribution >= 4 is 28.6 Å². The Balaban J connectivity index is 1.56. The lowest BCUT2D eigenvalue weighted by atomic mass is 10.3. The van der Waals surface area contributed by atoms with Gasteiger partial charge in [-0.2, -0.15) is 0 Å². The number of benzene rings is 1. The van der Waals surface area contributed by atoms with Crippen LogP contribution in [0.1, 0.15) is 4.88 Å². The SMILES string of the molecule is Clc1cccc(NCCOCCc2cccs2)c1. The quantitative estimate of drug-likeness (QED) is 0.773. The third kappa shape index (κ3) is 4.69. The first kappa shape index (κ1) is 13.4. The molecule has 4 heteroatoms. The van der Waals surface area contributed by atoms with E-state index in [-0.39, 0.29) is 0 Å². The van der Waals surface area contributed by atoms with Gasteiger partial charge in [0.25, 0.3) is 0 Å². The summed E-state index contributed by atoms with van der Waals surface area (Å²) in [7, 11) is 0. The largest absolute Gasteiger partial charge is 0.383 e. The Kier molecular flexibility index (Phi) is 5.52. The smallest absolute Gasteiger partial charge is 0.0639 e. The van der Waals surface area contributed by atoms with Crippen LogP contribution in [0.25, 0.3) is 0 Å². The fourth-order valence-corrected chi connectivity index (χ4v) is 2.48. The van der Waals surface area contributed by atoms with Crippen LogP contribution < -0.4 is 5.32 Å². The van der Waals surface area contributed by atoms with Gasteiger partial charge in [-0.3, -0.25) is 0 Å². The van der Waals surface area contributed by atoms with Crippen LogP contribution >= 0.6 is 22.9 Å². The molecule has 0 amide bonds. The van der Waals surface area contributed by atoms with Gasteiger partial charge in [0.2, 0.25) is 0 Å². The van der Waals surface area contributed by atoms with Gasteiger partial charge in [0.05, 0.1) is 13.2 Å². The molecule has 2 rings (SSSR count). The van der Waals surface area contributed by atoms with E-state index in [1.54, 1.807) is 11.3 Å². The highest BCUT2D eigenvalue weighted by molar-refractivity contribution is 7.09. The van der Waals surface area contributed by atoms with E-state index in [9.17, 15) is 0 Å². The van der Waals surface area contributed by atoms with Crippen molar-refractivity contribution in [3.63, 3.8) is 0 Å². The van der Waals surface area contributed by atoms with Crippen LogP contribution in [-0.2, 0) is 11.2 Å². The fourth-order valence-electron chi connectivity index (χ4n) is 1.60. The highest BCUT2D eigenvalue weighted by Crippen LogP contribution is 2.14. The monoisotopic (exact) mass is 281 g/mol. The molecule has 18 heavy (non-hydrogen) atoms. The number of ether oxygens (including phenoxy) is 1. The summed E-state index contributed by atoms with van der Waals surface area (Å²) in [6.07, 6.45) is 0.995. The third-order valence-electron chi connectivity index (χ3n) is 2.47. The topological polar surface area (TPSA) is 21.3 Å². The molecule has 2 nitrogen and oxygen atoms in total. The van der Waals surface area contributed by atoms with Gasteiger partial charge < -0.3 is 10.1 Å². The zero-order chi connectivity index (χ0) is 12.6. The van der Waals surface area contributed by atoms with E-state index in [1.165, 1.54) is 4.88 Å². The minimum absolute atomic E-state index is 0.706. The Labute approximate surface area is 117 Å². The summed E-state index contributed by atoms with van der Waals surface area (Å²) >= 11 is 7.67. The second-order valence-corrected chi connectivity index (χ2v) is 5.35. The van der Waals surface area contributed by atoms with Crippen LogP contribution in [0.4, 0.5) is 5.69 Å². The summed E-state index contributed by atoms with van der Waals surface area (Å²) < 4.78 is 5.57. The molecule has 0 aliphatic carbocycles. The normalized spacial score (nSPS) is 10.5. The molecule has 2 aromatic rings. The lowest BCUT2D eigenvalue weighted by Crippen LogP contribution is -2.10. The lowest BCUT2D eigenvalue weighted by molar-refractivity contribution is 0.147. The minimum Gasteiger partial charge on any atom is -0.383 e. The van der Waals surface area contributed by atoms with Crippen molar-refractivity contribution in [2.45, 2.75) is 6.42 Å². The molecular weight excluding hydrogens is 266 g/mol. The second-order valence-electron chi connectivity index (χ2n) is 3.88. The number of hydrogen-bond acceptors (Lipinski definition) is 3. The van der Waals surface area contributed by atoms with Gasteiger partial charge in [-0.25, -0.2) is 0 Å². The second kappa shape index (κ2) is 7.41. The Hall–Kier alpha value is -1.03. The van der Waals surface area contributed by atoms with Gasteiger partial charge in [0.15, 0.2) is 0 Å². The maximum Gasteiger partial charge on any atom is 0.0639 e. The fraction of sp³-hybridized carbons (Fsp3) is 0.286. The van der Waals surface area contributed by atoms with E-state index in [1.807, 2.05) is 24.3 Å². The van der Waals surface area contributed by atoms with Crippen LogP contribution in [0.3, 0.4) is 0 Å². The van der Waals surface area contributed by atoms with Crippen molar-refractivity contribution in [3.8, 4) is 0 Å². The van der Waals surface area contributed by atoms with E-state index >= 15 is 0 Å². The number of hydrogen-bond donors (Lipinski definition) is 1. The minimum atomic E-state index is 0.706. The van der Waals surface area contributed by atoms with E-state index in [0.717, 1.165) is 30.3 Å². The van der Waals surface area contributed by atoms with Gasteiger partial charge in [0, 0.05) is 28.6 Å². The van der Waals surface area contributed by atoms with Crippen LogP contribution in [0, 0.1) is 0 Å². The molecule has 0 atom stereocenters. The predicted molar refractivity (Wildman–Crippen MR) is 78.8 cm³/mol. The van der Waals surface area contributed by atoms with Crippen molar-refractivity contribution in [1.29, 1.82) is 0 Å². The maximum atomic E-state index is 5.89. The highest BCUT2D eigenvalue weighted by Gasteiger charge is 1.95. The molecule has 0 unspecified atom stereocenters. The Morgan fingerprint density at radius 1 is 1.17 bits per heavy atom. The molecule has 0 radical (unpaired) electrons. The average Bonchev–Trinajstić information content (AvgIpc) is 2.87. The molecule has 1 aromatic carbocycles. The first-order chi connectivity index (χ1) is 8.84. The van der Waals surface area contributed by atoms with Gasteiger partial charge in [-0.1, -0.05) is 23.7 Å². The first-order valence-corrected chi connectivity index (χ1v) is 7.20. The van der Waals surface area contributed by atoms with Crippen LogP contribution in [0.5, 0.6) is 0 Å². The van der Waals surface area contributed by atoms with Gasteiger partial charge in [0.1, 0.15) is 0 Å². The standard InChI is InChI=1S/C14H16ClNOS/c15-12-3-1-4-13(11-12)16-7-9-17-8-6-14-5-2-10-18-14/h1-5,10-11,16H,6-9H2. The summed E-state index contributed by atoms with van der Waals surface area (Å²) in [5.74, 6) is 0. The molecule has 1 heterocycles. The number of nitrogens with one attached hydrogen (secondary N) is 1. The van der Waals surface area contributed by atoms with Gasteiger partial charge >= 0.3 is 0 Å². The van der Waals surface area contributed by atoms with Gasteiger partial charge in [-0.05, 0) is 29.6 Å². The van der Waals surface area contributed by atoms with Crippen LogP contribution in [0.2, 0.25) is 5.02 Å². The van der Waals surface area contributed by atoms with E-state index in [0.29, 0.717) is 6.61 Å². The molecular formula is C14H16ClNOS. The molecule has 0 aliphatic rings.